The molecule has 0 aromatic rings. The van der Waals surface area contributed by atoms with Crippen LogP contribution in [0.4, 0.5) is 0 Å². The van der Waals surface area contributed by atoms with E-state index in [1.807, 2.05) is 14.1 Å². The predicted molar refractivity (Wildman–Crippen MR) is 157 cm³/mol. The first-order valence-corrected chi connectivity index (χ1v) is 13.8. The Morgan fingerprint density at radius 1 is 0.632 bits per heavy atom. The van der Waals surface area contributed by atoms with Crippen LogP contribution in [-0.4, -0.2) is 103 Å². The summed E-state index contributed by atoms with van der Waals surface area (Å²) in [6.45, 7) is 29.9. The van der Waals surface area contributed by atoms with Gasteiger partial charge in [0, 0.05) is 137 Å². The molecule has 8 atom stereocenters. The van der Waals surface area contributed by atoms with Crippen molar-refractivity contribution in [3.8, 4) is 0 Å². The average molecular weight is 541 g/mol. The van der Waals surface area contributed by atoms with Gasteiger partial charge in [0.2, 0.25) is 5.72 Å². The highest BCUT2D eigenvalue weighted by Crippen LogP contribution is 2.30. The molecule has 4 aliphatic rings. The number of nitrogens with one attached hydrogen (secondary N) is 2. The van der Waals surface area contributed by atoms with Crippen molar-refractivity contribution >= 4 is 0 Å². The Morgan fingerprint density at radius 3 is 1.16 bits per heavy atom. The molecule has 4 rings (SSSR count). The molecule has 4 saturated heterocycles. The summed E-state index contributed by atoms with van der Waals surface area (Å²) < 4.78 is 26.4. The minimum atomic E-state index is 0.435. The van der Waals surface area contributed by atoms with Crippen LogP contribution in [0.2, 0.25) is 0 Å². The van der Waals surface area contributed by atoms with Gasteiger partial charge in [-0.2, -0.15) is 0 Å². The van der Waals surface area contributed by atoms with Crippen molar-refractivity contribution in [3.05, 3.63) is 49.1 Å². The summed E-state index contributed by atoms with van der Waals surface area (Å²) in [6, 6.07) is 0. The summed E-state index contributed by atoms with van der Waals surface area (Å²) in [5, 5.41) is 23.7. The number of rotatable bonds is 8. The molecular formula is C30H56N4O4. The van der Waals surface area contributed by atoms with E-state index >= 15 is 0 Å². The van der Waals surface area contributed by atoms with Crippen molar-refractivity contribution in [2.75, 3.05) is 66.7 Å². The Balaban J connectivity index is 0.000000280. The van der Waals surface area contributed by atoms with Gasteiger partial charge in [0.15, 0.2) is 0 Å². The van der Waals surface area contributed by atoms with E-state index in [-0.39, 0.29) is 0 Å². The first kappa shape index (κ1) is 27.6. The first-order valence-electron chi connectivity index (χ1n) is 15.4. The van der Waals surface area contributed by atoms with Crippen LogP contribution < -0.4 is 10.6 Å². The van der Waals surface area contributed by atoms with Gasteiger partial charge in [-0.05, 0) is 0 Å². The molecule has 0 aromatic heterocycles. The fourth-order valence-corrected chi connectivity index (χ4v) is 5.06. The highest BCUT2D eigenvalue weighted by Gasteiger charge is 2.30. The lowest BCUT2D eigenvalue weighted by molar-refractivity contribution is 0.208. The number of aliphatic hydroxyl groups is 4. The minimum Gasteiger partial charge on any atom is -0.396 e. The molecule has 4 fully saturated rings. The van der Waals surface area contributed by atoms with Crippen LogP contribution in [0.5, 0.6) is 0 Å². The molecule has 0 spiro atoms. The van der Waals surface area contributed by atoms with Crippen LogP contribution in [0.3, 0.4) is 0 Å². The quantitative estimate of drug-likeness (QED) is 0.278. The van der Waals surface area contributed by atoms with E-state index in [1.165, 1.54) is 0 Å². The zero-order chi connectivity index (χ0) is 32.0. The Labute approximate surface area is 237 Å². The smallest absolute Gasteiger partial charge is 0.210 e. The second kappa shape index (κ2) is 16.2. The summed E-state index contributed by atoms with van der Waals surface area (Å²) in [4.78, 5) is 4.27. The van der Waals surface area contributed by atoms with Gasteiger partial charge in [0.05, 0.1) is 0 Å². The van der Waals surface area contributed by atoms with Crippen molar-refractivity contribution < 1.29 is 20.4 Å². The summed E-state index contributed by atoms with van der Waals surface area (Å²) in [5.41, 5.74) is 4.46. The summed E-state index contributed by atoms with van der Waals surface area (Å²) in [6.07, 6.45) is 0. The summed E-state index contributed by atoms with van der Waals surface area (Å²) >= 11 is 0. The standard InChI is InChI=1S/2C8H15NO.2C7H13NO/c2*1-6-7(2)9(3)4-8(6)5-10;2*1-5-6(2)8-3-7(5)4-9/h2*6,8,10H,2,4-5H2,1,3H3;2*5,7-9H,2-4H2,1H3/t6-,8+;;5-,7+;/m0.0./s1/i2*10D;2*9D. The minimum absolute atomic E-state index is 0.435. The average Bonchev–Trinajstić information content (AvgIpc) is 3.62. The number of hydrogen-bond acceptors (Lipinski definition) is 8. The van der Waals surface area contributed by atoms with E-state index in [9.17, 15) is 0 Å². The van der Waals surface area contributed by atoms with Crippen molar-refractivity contribution in [1.82, 2.24) is 20.4 Å². The number of nitrogens with zero attached hydrogens (tertiary/aromatic N) is 2. The van der Waals surface area contributed by atoms with Gasteiger partial charge in [-0.15, -0.1) is 0 Å². The summed E-state index contributed by atoms with van der Waals surface area (Å²) in [5.74, 6) is 3.59. The number of allylic oxidation sites excluding steroid dienone is 4. The van der Waals surface area contributed by atoms with E-state index in [4.69, 9.17) is 5.72 Å². The lowest BCUT2D eigenvalue weighted by Gasteiger charge is -2.11. The molecule has 0 amide bonds. The van der Waals surface area contributed by atoms with Gasteiger partial charge >= 0.3 is 0 Å². The van der Waals surface area contributed by atoms with Crippen molar-refractivity contribution in [1.29, 1.82) is 5.72 Å². The molecule has 0 radical (unpaired) electrons. The Bertz CT molecular complexity index is 799. The second-order valence-corrected chi connectivity index (χ2v) is 11.4. The van der Waals surface area contributed by atoms with Gasteiger partial charge < -0.3 is 40.9 Å². The maximum atomic E-state index is 6.64. The number of aliphatic hydroxyl groups excluding tert-OH is 4. The number of hydrogen-bond donors (Lipinski definition) is 6. The van der Waals surface area contributed by atoms with Gasteiger partial charge in [0.1, 0.15) is 0 Å². The molecule has 8 heteroatoms. The van der Waals surface area contributed by atoms with E-state index < -0.39 is 0 Å². The van der Waals surface area contributed by atoms with Crippen molar-refractivity contribution in [2.45, 2.75) is 27.7 Å². The summed E-state index contributed by atoms with van der Waals surface area (Å²) in [7, 11) is 4.06. The zero-order valence-corrected chi connectivity index (χ0v) is 24.6. The van der Waals surface area contributed by atoms with Gasteiger partial charge in [-0.3, -0.25) is 0 Å². The zero-order valence-electron chi connectivity index (χ0n) is 28.6. The molecule has 8 nitrogen and oxygen atoms in total. The molecule has 0 saturated carbocycles. The van der Waals surface area contributed by atoms with E-state index in [0.29, 0.717) is 73.8 Å². The molecule has 6 N–H and O–H groups in total. The van der Waals surface area contributed by atoms with Crippen LogP contribution in [-0.2, 0) is 0 Å². The third-order valence-electron chi connectivity index (χ3n) is 9.02. The number of likely N-dealkylation sites (tertiary alicyclic amines) is 2. The van der Waals surface area contributed by atoms with Crippen molar-refractivity contribution in [3.63, 3.8) is 0 Å². The molecule has 220 valence electrons. The maximum absolute atomic E-state index is 6.64. The Hall–Kier alpha value is -2.00. The van der Waals surface area contributed by atoms with Gasteiger partial charge in [-0.25, -0.2) is 0 Å². The molecule has 38 heavy (non-hydrogen) atoms. The SMILES string of the molecule is [2H]OCC1CN(C)C(=C)C1C.[2H]OCC1CNC(=C)C1C.[2H]OC[C@H]1CN(C)C(=C)[C@@H]1C.[2H]OC[C@H]1CNC(=C)[C@@H]1C. The van der Waals surface area contributed by atoms with Gasteiger partial charge in [-0.1, -0.05) is 54.0 Å². The largest absolute Gasteiger partial charge is 0.396 e. The molecule has 0 bridgehead atoms. The molecule has 0 aliphatic carbocycles. The van der Waals surface area contributed by atoms with Crippen LogP contribution in [0, 0.1) is 47.3 Å². The van der Waals surface area contributed by atoms with Crippen molar-refractivity contribution in [2.24, 2.45) is 47.3 Å². The fourth-order valence-electron chi connectivity index (χ4n) is 5.06. The Kier molecular flexibility index (Phi) is 11.7. The third kappa shape index (κ3) is 9.04. The Morgan fingerprint density at radius 2 is 0.947 bits per heavy atom. The predicted octanol–water partition coefficient (Wildman–Crippen LogP) is 2.08. The fraction of sp³-hybridized carbons (Fsp3) is 0.733. The van der Waals surface area contributed by atoms with Gasteiger partial charge in [0.25, 0.3) is 0 Å². The highest BCUT2D eigenvalue weighted by molar-refractivity contribution is 5.08. The maximum Gasteiger partial charge on any atom is 0.210 e. The van der Waals surface area contributed by atoms with Crippen LogP contribution in [0.25, 0.3) is 0 Å². The normalized spacial score (nSPS) is 35.4. The van der Waals surface area contributed by atoms with Crippen LogP contribution in [0.15, 0.2) is 49.1 Å². The van der Waals surface area contributed by atoms with Crippen LogP contribution in [0.1, 0.15) is 27.7 Å². The molecular weight excluding hydrogens is 480 g/mol. The van der Waals surface area contributed by atoms with Crippen LogP contribution >= 0.6 is 0 Å². The lowest BCUT2D eigenvalue weighted by Crippen LogP contribution is -2.15. The molecule has 4 unspecified atom stereocenters. The highest BCUT2D eigenvalue weighted by atomic mass is 16.3. The monoisotopic (exact) mass is 540 g/mol. The molecule has 0 aromatic carbocycles. The topological polar surface area (TPSA) is 111 Å². The van der Waals surface area contributed by atoms with E-state index in [1.54, 1.807) is 0 Å². The second-order valence-electron chi connectivity index (χ2n) is 11.4. The lowest BCUT2D eigenvalue weighted by atomic mass is 9.97. The first-order chi connectivity index (χ1) is 19.8. The van der Waals surface area contributed by atoms with E-state index in [2.05, 4.69) is 94.9 Å². The molecule has 4 aliphatic heterocycles. The molecule has 4 heterocycles. The third-order valence-corrected chi connectivity index (χ3v) is 9.02. The van der Waals surface area contributed by atoms with E-state index in [0.717, 1.165) is 49.0 Å².